The predicted molar refractivity (Wildman–Crippen MR) is 74.4 cm³/mol. The van der Waals surface area contributed by atoms with Gasteiger partial charge < -0.3 is 10.8 Å². The van der Waals surface area contributed by atoms with E-state index in [0.717, 1.165) is 0 Å². The van der Waals surface area contributed by atoms with Crippen molar-refractivity contribution in [3.05, 3.63) is 23.2 Å². The summed E-state index contributed by atoms with van der Waals surface area (Å²) in [7, 11) is -3.57. The Morgan fingerprint density at radius 3 is 2.74 bits per heavy atom. The molecule has 7 heteroatoms. The third kappa shape index (κ3) is 2.86. The standard InChI is InChI=1S/C12H17ClN2O3S/c1-8-7-15(5-4-12(8)16)19(17,18)9-2-3-10(13)11(14)6-9/h2-3,6,8,12,16H,4-5,7,14H2,1H3. The van der Waals surface area contributed by atoms with Gasteiger partial charge in [0.1, 0.15) is 0 Å². The third-order valence-corrected chi connectivity index (χ3v) is 5.63. The number of benzene rings is 1. The fourth-order valence-corrected chi connectivity index (χ4v) is 3.85. The summed E-state index contributed by atoms with van der Waals surface area (Å²) in [6.45, 7) is 2.46. The number of aliphatic hydroxyl groups is 1. The normalized spacial score (nSPS) is 25.4. The minimum atomic E-state index is -3.57. The first kappa shape index (κ1) is 14.6. The highest BCUT2D eigenvalue weighted by atomic mass is 35.5. The van der Waals surface area contributed by atoms with Gasteiger partial charge in [-0.15, -0.1) is 0 Å². The van der Waals surface area contributed by atoms with Crippen molar-refractivity contribution in [2.24, 2.45) is 5.92 Å². The van der Waals surface area contributed by atoms with Gasteiger partial charge in [0, 0.05) is 13.1 Å². The molecule has 0 bridgehead atoms. The largest absolute Gasteiger partial charge is 0.397 e. The molecule has 2 rings (SSSR count). The highest BCUT2D eigenvalue weighted by Crippen LogP contribution is 2.27. The number of hydrogen-bond donors (Lipinski definition) is 2. The molecule has 1 heterocycles. The van der Waals surface area contributed by atoms with Crippen LogP contribution < -0.4 is 5.73 Å². The van der Waals surface area contributed by atoms with Gasteiger partial charge in [0.2, 0.25) is 10.0 Å². The molecule has 1 aromatic rings. The van der Waals surface area contributed by atoms with E-state index in [-0.39, 0.29) is 16.5 Å². The molecule has 2 atom stereocenters. The monoisotopic (exact) mass is 304 g/mol. The molecule has 1 saturated heterocycles. The van der Waals surface area contributed by atoms with Gasteiger partial charge in [-0.2, -0.15) is 4.31 Å². The van der Waals surface area contributed by atoms with Crippen LogP contribution in [0.1, 0.15) is 13.3 Å². The molecule has 106 valence electrons. The van der Waals surface area contributed by atoms with Crippen LogP contribution in [0.2, 0.25) is 5.02 Å². The van der Waals surface area contributed by atoms with Crippen LogP contribution in [0.15, 0.2) is 23.1 Å². The SMILES string of the molecule is CC1CN(S(=O)(=O)c2ccc(Cl)c(N)c2)CCC1O. The lowest BCUT2D eigenvalue weighted by molar-refractivity contribution is 0.0628. The topological polar surface area (TPSA) is 83.6 Å². The van der Waals surface area contributed by atoms with E-state index >= 15 is 0 Å². The molecule has 0 saturated carbocycles. The van der Waals surface area contributed by atoms with E-state index in [4.69, 9.17) is 17.3 Å². The van der Waals surface area contributed by atoms with Crippen molar-refractivity contribution < 1.29 is 13.5 Å². The summed E-state index contributed by atoms with van der Waals surface area (Å²) >= 11 is 5.79. The number of sulfonamides is 1. The highest BCUT2D eigenvalue weighted by Gasteiger charge is 2.32. The van der Waals surface area contributed by atoms with E-state index < -0.39 is 16.1 Å². The number of nitrogens with two attached hydrogens (primary N) is 1. The van der Waals surface area contributed by atoms with E-state index in [9.17, 15) is 13.5 Å². The van der Waals surface area contributed by atoms with Gasteiger partial charge in [0.15, 0.2) is 0 Å². The minimum Gasteiger partial charge on any atom is -0.397 e. The molecule has 0 aromatic heterocycles. The molecule has 19 heavy (non-hydrogen) atoms. The molecule has 0 radical (unpaired) electrons. The van der Waals surface area contributed by atoms with Crippen molar-refractivity contribution in [1.82, 2.24) is 4.31 Å². The number of halogens is 1. The van der Waals surface area contributed by atoms with Crippen LogP contribution in [0, 0.1) is 5.92 Å². The number of nitrogen functional groups attached to an aromatic ring is 1. The zero-order valence-electron chi connectivity index (χ0n) is 10.6. The number of piperidine rings is 1. The lowest BCUT2D eigenvalue weighted by Crippen LogP contribution is -2.44. The Kier molecular flexibility index (Phi) is 4.06. The molecular weight excluding hydrogens is 288 g/mol. The summed E-state index contributed by atoms with van der Waals surface area (Å²) in [4.78, 5) is 0.137. The fraction of sp³-hybridized carbons (Fsp3) is 0.500. The van der Waals surface area contributed by atoms with Gasteiger partial charge in [-0.25, -0.2) is 8.42 Å². The maximum absolute atomic E-state index is 12.4. The van der Waals surface area contributed by atoms with E-state index in [0.29, 0.717) is 24.5 Å². The third-order valence-electron chi connectivity index (χ3n) is 3.43. The average Bonchev–Trinajstić information content (AvgIpc) is 2.35. The highest BCUT2D eigenvalue weighted by molar-refractivity contribution is 7.89. The second-order valence-corrected chi connectivity index (χ2v) is 7.22. The molecule has 1 aliphatic heterocycles. The Morgan fingerprint density at radius 1 is 1.47 bits per heavy atom. The van der Waals surface area contributed by atoms with Crippen LogP contribution in [0.5, 0.6) is 0 Å². The molecule has 1 fully saturated rings. The second kappa shape index (κ2) is 5.28. The van der Waals surface area contributed by atoms with E-state index in [1.165, 1.54) is 22.5 Å². The van der Waals surface area contributed by atoms with Gasteiger partial charge in [-0.1, -0.05) is 18.5 Å². The fourth-order valence-electron chi connectivity index (χ4n) is 2.14. The summed E-state index contributed by atoms with van der Waals surface area (Å²) in [6.07, 6.45) is 0.00505. The summed E-state index contributed by atoms with van der Waals surface area (Å²) in [6, 6.07) is 4.29. The molecule has 0 spiro atoms. The molecule has 0 amide bonds. The van der Waals surface area contributed by atoms with Crippen LogP contribution in [0.25, 0.3) is 0 Å². The quantitative estimate of drug-likeness (QED) is 0.807. The zero-order valence-corrected chi connectivity index (χ0v) is 12.2. The maximum Gasteiger partial charge on any atom is 0.243 e. The first-order valence-electron chi connectivity index (χ1n) is 6.05. The van der Waals surface area contributed by atoms with Crippen LogP contribution >= 0.6 is 11.6 Å². The Balaban J connectivity index is 2.29. The van der Waals surface area contributed by atoms with Crippen molar-refractivity contribution in [3.8, 4) is 0 Å². The smallest absolute Gasteiger partial charge is 0.243 e. The first-order valence-corrected chi connectivity index (χ1v) is 7.87. The number of nitrogens with zero attached hydrogens (tertiary/aromatic N) is 1. The van der Waals surface area contributed by atoms with Crippen LogP contribution in [0.4, 0.5) is 5.69 Å². The molecule has 1 aliphatic rings. The van der Waals surface area contributed by atoms with Crippen LogP contribution in [-0.4, -0.2) is 37.0 Å². The molecular formula is C12H17ClN2O3S. The molecule has 0 aliphatic carbocycles. The first-order chi connectivity index (χ1) is 8.82. The Bertz CT molecular complexity index is 576. The predicted octanol–water partition coefficient (Wildman–Crippen LogP) is 1.31. The van der Waals surface area contributed by atoms with E-state index in [1.54, 1.807) is 0 Å². The van der Waals surface area contributed by atoms with Gasteiger partial charge in [0.05, 0.1) is 21.7 Å². The number of rotatable bonds is 2. The lowest BCUT2D eigenvalue weighted by atomic mass is 9.99. The van der Waals surface area contributed by atoms with Crippen molar-refractivity contribution >= 4 is 27.3 Å². The summed E-state index contributed by atoms with van der Waals surface area (Å²) in [5.41, 5.74) is 5.88. The lowest BCUT2D eigenvalue weighted by Gasteiger charge is -2.33. The van der Waals surface area contributed by atoms with Crippen molar-refractivity contribution in [3.63, 3.8) is 0 Å². The number of hydrogen-bond acceptors (Lipinski definition) is 4. The molecule has 2 unspecified atom stereocenters. The van der Waals surface area contributed by atoms with Crippen molar-refractivity contribution in [2.75, 3.05) is 18.8 Å². The van der Waals surface area contributed by atoms with Crippen molar-refractivity contribution in [1.29, 1.82) is 0 Å². The van der Waals surface area contributed by atoms with E-state index in [1.807, 2.05) is 6.92 Å². The van der Waals surface area contributed by atoms with Gasteiger partial charge in [0.25, 0.3) is 0 Å². The summed E-state index contributed by atoms with van der Waals surface area (Å²) < 4.78 is 26.3. The molecule has 5 nitrogen and oxygen atoms in total. The van der Waals surface area contributed by atoms with Crippen LogP contribution in [0.3, 0.4) is 0 Å². The maximum atomic E-state index is 12.4. The van der Waals surface area contributed by atoms with Gasteiger partial charge in [-0.05, 0) is 30.5 Å². The van der Waals surface area contributed by atoms with E-state index in [2.05, 4.69) is 0 Å². The zero-order chi connectivity index (χ0) is 14.2. The number of aliphatic hydroxyl groups excluding tert-OH is 1. The summed E-state index contributed by atoms with van der Waals surface area (Å²) in [5.74, 6) is -0.0758. The van der Waals surface area contributed by atoms with Crippen LogP contribution in [-0.2, 0) is 10.0 Å². The Labute approximate surface area is 118 Å². The second-order valence-electron chi connectivity index (χ2n) is 4.88. The Morgan fingerprint density at radius 2 is 2.16 bits per heavy atom. The Hall–Kier alpha value is -0.820. The molecule has 1 aromatic carbocycles. The van der Waals surface area contributed by atoms with Crippen molar-refractivity contribution in [2.45, 2.75) is 24.3 Å². The van der Waals surface area contributed by atoms with Gasteiger partial charge >= 0.3 is 0 Å². The minimum absolute atomic E-state index is 0.0758. The molecule has 3 N–H and O–H groups in total. The van der Waals surface area contributed by atoms with Gasteiger partial charge in [-0.3, -0.25) is 0 Å². The average molecular weight is 305 g/mol. The summed E-state index contributed by atoms with van der Waals surface area (Å²) in [5, 5.41) is 9.99. The number of anilines is 1.